The van der Waals surface area contributed by atoms with Gasteiger partial charge in [-0.3, -0.25) is 0 Å². The van der Waals surface area contributed by atoms with E-state index in [9.17, 15) is 10.4 Å². The topological polar surface area (TPSA) is 57.2 Å². The first kappa shape index (κ1) is 12.2. The Labute approximate surface area is 102 Å². The lowest BCUT2D eigenvalue weighted by Crippen LogP contribution is -2.28. The largest absolute Gasteiger partial charge is 0.472 e. The summed E-state index contributed by atoms with van der Waals surface area (Å²) in [6.45, 7) is 0. The van der Waals surface area contributed by atoms with Crippen LogP contribution in [0.1, 0.15) is 56.6 Å². The molecule has 1 aromatic heterocycles. The molecule has 2 rings (SSSR count). The van der Waals surface area contributed by atoms with Crippen LogP contribution in [-0.2, 0) is 0 Å². The molecule has 1 unspecified atom stereocenters. The molecule has 3 nitrogen and oxygen atoms in total. The van der Waals surface area contributed by atoms with Crippen molar-refractivity contribution < 1.29 is 9.52 Å². The van der Waals surface area contributed by atoms with E-state index in [1.165, 1.54) is 19.3 Å². The summed E-state index contributed by atoms with van der Waals surface area (Å²) in [5, 5.41) is 19.9. The molecular weight excluding hydrogens is 214 g/mol. The van der Waals surface area contributed by atoms with Crippen LogP contribution in [0.3, 0.4) is 0 Å². The Bertz CT molecular complexity index is 369. The van der Waals surface area contributed by atoms with Crippen molar-refractivity contribution >= 4 is 0 Å². The van der Waals surface area contributed by atoms with Crippen molar-refractivity contribution in [2.24, 2.45) is 5.41 Å². The quantitative estimate of drug-likeness (QED) is 0.849. The molecule has 3 heteroatoms. The van der Waals surface area contributed by atoms with Gasteiger partial charge in [-0.25, -0.2) is 0 Å². The number of nitrogens with zero attached hydrogens (tertiary/aromatic N) is 1. The zero-order valence-electron chi connectivity index (χ0n) is 10.1. The van der Waals surface area contributed by atoms with Gasteiger partial charge in [0.25, 0.3) is 0 Å². The second kappa shape index (κ2) is 5.37. The standard InChI is InChI=1S/C14H19NO2/c15-11-14(7-4-2-1-3-5-8-14)13(16)12-6-9-17-10-12/h6,9-10,13,16H,1-5,7-8H2. The Hall–Kier alpha value is -1.27. The molecule has 0 radical (unpaired) electrons. The van der Waals surface area contributed by atoms with Crippen molar-refractivity contribution in [3.8, 4) is 6.07 Å². The van der Waals surface area contributed by atoms with E-state index in [-0.39, 0.29) is 0 Å². The van der Waals surface area contributed by atoms with Crippen molar-refractivity contribution in [2.45, 2.75) is 51.0 Å². The average Bonchev–Trinajstić information content (AvgIpc) is 2.82. The number of hydrogen-bond acceptors (Lipinski definition) is 3. The number of nitriles is 1. The Morgan fingerprint density at radius 3 is 2.41 bits per heavy atom. The van der Waals surface area contributed by atoms with Crippen LogP contribution in [0.2, 0.25) is 0 Å². The fourth-order valence-electron chi connectivity index (χ4n) is 2.73. The molecule has 1 aromatic rings. The lowest BCUT2D eigenvalue weighted by atomic mass is 9.72. The van der Waals surface area contributed by atoms with E-state index in [0.29, 0.717) is 0 Å². The third-order valence-electron chi connectivity index (χ3n) is 3.85. The lowest BCUT2D eigenvalue weighted by molar-refractivity contribution is 0.0430. The molecule has 0 spiro atoms. The SMILES string of the molecule is N#CC1(C(O)c2ccoc2)CCCCCCC1. The third kappa shape index (κ3) is 2.53. The molecule has 0 aromatic carbocycles. The molecule has 0 aliphatic heterocycles. The van der Waals surface area contributed by atoms with Crippen molar-refractivity contribution in [3.63, 3.8) is 0 Å². The average molecular weight is 233 g/mol. The monoisotopic (exact) mass is 233 g/mol. The normalized spacial score (nSPS) is 22.1. The smallest absolute Gasteiger partial charge is 0.101 e. The maximum absolute atomic E-state index is 10.4. The van der Waals surface area contributed by atoms with Crippen LogP contribution in [0.4, 0.5) is 0 Å². The Morgan fingerprint density at radius 2 is 1.88 bits per heavy atom. The Balaban J connectivity index is 2.19. The highest BCUT2D eigenvalue weighted by atomic mass is 16.3. The van der Waals surface area contributed by atoms with Crippen LogP contribution in [0.25, 0.3) is 0 Å². The van der Waals surface area contributed by atoms with E-state index in [1.807, 2.05) is 0 Å². The van der Waals surface area contributed by atoms with Gasteiger partial charge in [0.1, 0.15) is 6.10 Å². The number of aliphatic hydroxyl groups is 1. The first-order valence-electron chi connectivity index (χ1n) is 6.40. The summed E-state index contributed by atoms with van der Waals surface area (Å²) >= 11 is 0. The molecule has 17 heavy (non-hydrogen) atoms. The van der Waals surface area contributed by atoms with Gasteiger partial charge in [-0.05, 0) is 18.9 Å². The molecule has 0 amide bonds. The van der Waals surface area contributed by atoms with Crippen LogP contribution >= 0.6 is 0 Å². The van der Waals surface area contributed by atoms with Crippen LogP contribution in [-0.4, -0.2) is 5.11 Å². The van der Waals surface area contributed by atoms with Gasteiger partial charge in [0.15, 0.2) is 0 Å². The van der Waals surface area contributed by atoms with Crippen molar-refractivity contribution in [1.29, 1.82) is 5.26 Å². The van der Waals surface area contributed by atoms with Gasteiger partial charge in [0.2, 0.25) is 0 Å². The van der Waals surface area contributed by atoms with E-state index in [1.54, 1.807) is 18.6 Å². The number of furan rings is 1. The molecule has 1 aliphatic rings. The number of aliphatic hydroxyl groups excluding tert-OH is 1. The van der Waals surface area contributed by atoms with E-state index in [2.05, 4.69) is 6.07 Å². The van der Waals surface area contributed by atoms with Crippen LogP contribution < -0.4 is 0 Å². The molecule has 1 atom stereocenters. The molecule has 92 valence electrons. The fourth-order valence-corrected chi connectivity index (χ4v) is 2.73. The predicted molar refractivity (Wildman–Crippen MR) is 64.0 cm³/mol. The molecule has 1 heterocycles. The van der Waals surface area contributed by atoms with Gasteiger partial charge in [-0.15, -0.1) is 0 Å². The summed E-state index contributed by atoms with van der Waals surface area (Å²) in [6, 6.07) is 4.13. The fraction of sp³-hybridized carbons (Fsp3) is 0.643. The van der Waals surface area contributed by atoms with E-state index in [4.69, 9.17) is 4.42 Å². The molecule has 1 N–H and O–H groups in total. The molecule has 1 saturated carbocycles. The van der Waals surface area contributed by atoms with Gasteiger partial charge >= 0.3 is 0 Å². The zero-order valence-corrected chi connectivity index (χ0v) is 10.1. The van der Waals surface area contributed by atoms with Gasteiger partial charge in [-0.1, -0.05) is 32.1 Å². The maximum atomic E-state index is 10.4. The molecule has 0 saturated heterocycles. The summed E-state index contributed by atoms with van der Waals surface area (Å²) < 4.78 is 5.00. The van der Waals surface area contributed by atoms with E-state index >= 15 is 0 Å². The first-order valence-corrected chi connectivity index (χ1v) is 6.40. The van der Waals surface area contributed by atoms with E-state index in [0.717, 1.165) is 31.2 Å². The van der Waals surface area contributed by atoms with Crippen molar-refractivity contribution in [2.75, 3.05) is 0 Å². The second-order valence-electron chi connectivity index (χ2n) is 4.99. The van der Waals surface area contributed by atoms with Gasteiger partial charge in [-0.2, -0.15) is 5.26 Å². The maximum Gasteiger partial charge on any atom is 0.101 e. The van der Waals surface area contributed by atoms with Gasteiger partial charge in [0, 0.05) is 5.56 Å². The first-order chi connectivity index (χ1) is 8.28. The van der Waals surface area contributed by atoms with Crippen LogP contribution in [0.5, 0.6) is 0 Å². The zero-order chi connectivity index (χ0) is 12.1. The van der Waals surface area contributed by atoms with Gasteiger partial charge < -0.3 is 9.52 Å². The summed E-state index contributed by atoms with van der Waals surface area (Å²) in [5.74, 6) is 0. The minimum Gasteiger partial charge on any atom is -0.472 e. The molecule has 1 fully saturated rings. The summed E-state index contributed by atoms with van der Waals surface area (Å²) in [7, 11) is 0. The van der Waals surface area contributed by atoms with Crippen molar-refractivity contribution in [1.82, 2.24) is 0 Å². The molecule has 0 bridgehead atoms. The highest BCUT2D eigenvalue weighted by molar-refractivity contribution is 5.18. The second-order valence-corrected chi connectivity index (χ2v) is 4.99. The lowest BCUT2D eigenvalue weighted by Gasteiger charge is -2.32. The number of hydrogen-bond donors (Lipinski definition) is 1. The van der Waals surface area contributed by atoms with Crippen LogP contribution in [0, 0.1) is 16.7 Å². The van der Waals surface area contributed by atoms with Crippen LogP contribution in [0.15, 0.2) is 23.0 Å². The summed E-state index contributed by atoms with van der Waals surface area (Å²) in [6.07, 6.45) is 9.60. The third-order valence-corrected chi connectivity index (χ3v) is 3.85. The summed E-state index contributed by atoms with van der Waals surface area (Å²) in [4.78, 5) is 0. The van der Waals surface area contributed by atoms with Crippen molar-refractivity contribution in [3.05, 3.63) is 24.2 Å². The number of rotatable bonds is 2. The molecule has 1 aliphatic carbocycles. The minimum atomic E-state index is -0.718. The molecular formula is C14H19NO2. The minimum absolute atomic E-state index is 0.621. The van der Waals surface area contributed by atoms with E-state index < -0.39 is 11.5 Å². The Kier molecular flexibility index (Phi) is 3.86. The summed E-state index contributed by atoms with van der Waals surface area (Å²) in [5.41, 5.74) is 0.108. The highest BCUT2D eigenvalue weighted by Crippen LogP contribution is 2.43. The van der Waals surface area contributed by atoms with Gasteiger partial charge in [0.05, 0.1) is 24.0 Å². The highest BCUT2D eigenvalue weighted by Gasteiger charge is 2.39. The predicted octanol–water partition coefficient (Wildman–Crippen LogP) is 3.57. The Morgan fingerprint density at radius 1 is 1.24 bits per heavy atom.